The lowest BCUT2D eigenvalue weighted by atomic mass is 9.72. The van der Waals surface area contributed by atoms with Crippen molar-refractivity contribution in [2.45, 2.75) is 46.5 Å². The van der Waals surface area contributed by atoms with E-state index < -0.39 is 0 Å². The summed E-state index contributed by atoms with van der Waals surface area (Å²) in [6.45, 7) is 7.94. The van der Waals surface area contributed by atoms with Gasteiger partial charge in [0.15, 0.2) is 0 Å². The van der Waals surface area contributed by atoms with Gasteiger partial charge in [0.1, 0.15) is 0 Å². The first-order valence-corrected chi connectivity index (χ1v) is 7.75. The Bertz CT molecular complexity index is 497. The number of hydrogen-bond acceptors (Lipinski definition) is 2. The number of amides is 2. The van der Waals surface area contributed by atoms with Crippen molar-refractivity contribution in [3.63, 3.8) is 0 Å². The second-order valence-corrected chi connectivity index (χ2v) is 7.04. The Morgan fingerprint density at radius 3 is 2.62 bits per heavy atom. The number of carbonyl (C=O) groups is 2. The van der Waals surface area contributed by atoms with E-state index in [2.05, 4.69) is 20.8 Å². The van der Waals surface area contributed by atoms with Crippen LogP contribution in [0.25, 0.3) is 0 Å². The SMILES string of the molecule is CC1=C(C=CC(=O)N2CC(CC(N)=O)C2)C(C)(C)CCC1. The molecule has 1 aliphatic heterocycles. The molecule has 0 bridgehead atoms. The summed E-state index contributed by atoms with van der Waals surface area (Å²) in [5.74, 6) is -0.00306. The molecule has 0 aromatic heterocycles. The smallest absolute Gasteiger partial charge is 0.246 e. The first-order chi connectivity index (χ1) is 9.79. The molecule has 4 heteroatoms. The zero-order valence-corrected chi connectivity index (χ0v) is 13.3. The van der Waals surface area contributed by atoms with Crippen molar-refractivity contribution in [1.29, 1.82) is 0 Å². The molecule has 1 fully saturated rings. The number of hydrogen-bond donors (Lipinski definition) is 1. The molecule has 2 amide bonds. The summed E-state index contributed by atoms with van der Waals surface area (Å²) in [5, 5.41) is 0. The lowest BCUT2D eigenvalue weighted by Crippen LogP contribution is -2.50. The molecule has 4 nitrogen and oxygen atoms in total. The van der Waals surface area contributed by atoms with E-state index >= 15 is 0 Å². The Morgan fingerprint density at radius 2 is 2.05 bits per heavy atom. The maximum Gasteiger partial charge on any atom is 0.246 e. The summed E-state index contributed by atoms with van der Waals surface area (Å²) in [6, 6.07) is 0. The van der Waals surface area contributed by atoms with Gasteiger partial charge in [-0.3, -0.25) is 9.59 Å². The molecular weight excluding hydrogens is 264 g/mol. The lowest BCUT2D eigenvalue weighted by molar-refractivity contribution is -0.134. The van der Waals surface area contributed by atoms with Crippen LogP contribution >= 0.6 is 0 Å². The van der Waals surface area contributed by atoms with Crippen LogP contribution in [0.1, 0.15) is 46.5 Å². The number of carbonyl (C=O) groups excluding carboxylic acids is 2. The third-order valence-corrected chi connectivity index (χ3v) is 4.69. The van der Waals surface area contributed by atoms with E-state index in [-0.39, 0.29) is 23.1 Å². The molecule has 116 valence electrons. The van der Waals surface area contributed by atoms with Gasteiger partial charge in [-0.05, 0) is 37.2 Å². The second kappa shape index (κ2) is 6.04. The molecule has 1 heterocycles. The predicted octanol–water partition coefficient (Wildman–Crippen LogP) is 2.40. The number of nitrogens with zero attached hydrogens (tertiary/aromatic N) is 1. The number of nitrogens with two attached hydrogens (primary N) is 1. The van der Waals surface area contributed by atoms with Crippen molar-refractivity contribution in [1.82, 2.24) is 4.90 Å². The van der Waals surface area contributed by atoms with Gasteiger partial charge in [0.05, 0.1) is 0 Å². The minimum absolute atomic E-state index is 0.0393. The maximum absolute atomic E-state index is 12.1. The first-order valence-electron chi connectivity index (χ1n) is 7.75. The molecule has 1 saturated heterocycles. The van der Waals surface area contributed by atoms with Gasteiger partial charge >= 0.3 is 0 Å². The van der Waals surface area contributed by atoms with E-state index in [9.17, 15) is 9.59 Å². The monoisotopic (exact) mass is 290 g/mol. The van der Waals surface area contributed by atoms with E-state index in [0.29, 0.717) is 19.5 Å². The fourth-order valence-electron chi connectivity index (χ4n) is 3.43. The summed E-state index contributed by atoms with van der Waals surface area (Å²) in [5.41, 5.74) is 8.01. The standard InChI is InChI=1S/C17H26N2O2/c1-12-5-4-8-17(2,3)14(12)6-7-16(21)19-10-13(11-19)9-15(18)20/h6-7,13H,4-5,8-11H2,1-3H3,(H2,18,20). The van der Waals surface area contributed by atoms with Crippen LogP contribution in [-0.4, -0.2) is 29.8 Å². The Balaban J connectivity index is 1.93. The van der Waals surface area contributed by atoms with Crippen LogP contribution in [0.4, 0.5) is 0 Å². The minimum atomic E-state index is -0.285. The van der Waals surface area contributed by atoms with Crippen LogP contribution < -0.4 is 5.73 Å². The van der Waals surface area contributed by atoms with Gasteiger partial charge in [0.25, 0.3) is 0 Å². The topological polar surface area (TPSA) is 63.4 Å². The van der Waals surface area contributed by atoms with Crippen LogP contribution in [0.3, 0.4) is 0 Å². The van der Waals surface area contributed by atoms with Crippen LogP contribution in [0, 0.1) is 11.3 Å². The molecule has 21 heavy (non-hydrogen) atoms. The van der Waals surface area contributed by atoms with E-state index in [4.69, 9.17) is 5.73 Å². The van der Waals surface area contributed by atoms with Gasteiger partial charge in [-0.15, -0.1) is 0 Å². The van der Waals surface area contributed by atoms with Crippen molar-refractivity contribution >= 4 is 11.8 Å². The largest absolute Gasteiger partial charge is 0.370 e. The highest BCUT2D eigenvalue weighted by Gasteiger charge is 2.31. The van der Waals surface area contributed by atoms with E-state index in [1.807, 2.05) is 6.08 Å². The maximum atomic E-state index is 12.1. The molecule has 2 aliphatic rings. The quantitative estimate of drug-likeness (QED) is 0.808. The third-order valence-electron chi connectivity index (χ3n) is 4.69. The molecular formula is C17H26N2O2. The van der Waals surface area contributed by atoms with Gasteiger partial charge < -0.3 is 10.6 Å². The minimum Gasteiger partial charge on any atom is -0.370 e. The normalized spacial score (nSPS) is 22.5. The molecule has 2 N–H and O–H groups in total. The Kier molecular flexibility index (Phi) is 4.55. The Morgan fingerprint density at radius 1 is 1.38 bits per heavy atom. The van der Waals surface area contributed by atoms with Crippen molar-refractivity contribution in [2.24, 2.45) is 17.1 Å². The van der Waals surface area contributed by atoms with Gasteiger partial charge in [0.2, 0.25) is 11.8 Å². The van der Waals surface area contributed by atoms with Crippen LogP contribution in [0.15, 0.2) is 23.3 Å². The molecule has 0 radical (unpaired) electrons. The average Bonchev–Trinajstić information content (AvgIpc) is 2.31. The van der Waals surface area contributed by atoms with Crippen LogP contribution in [0.5, 0.6) is 0 Å². The summed E-state index contributed by atoms with van der Waals surface area (Å²) in [7, 11) is 0. The Labute approximate surface area is 127 Å². The number of rotatable bonds is 4. The number of primary amides is 1. The Hall–Kier alpha value is -1.58. The predicted molar refractivity (Wildman–Crippen MR) is 83.4 cm³/mol. The van der Waals surface area contributed by atoms with Crippen molar-refractivity contribution in [3.8, 4) is 0 Å². The highest BCUT2D eigenvalue weighted by atomic mass is 16.2. The third kappa shape index (κ3) is 3.74. The highest BCUT2D eigenvalue weighted by Crippen LogP contribution is 2.40. The van der Waals surface area contributed by atoms with Crippen LogP contribution in [0.2, 0.25) is 0 Å². The van der Waals surface area contributed by atoms with Crippen LogP contribution in [-0.2, 0) is 9.59 Å². The van der Waals surface area contributed by atoms with E-state index in [1.165, 1.54) is 24.0 Å². The van der Waals surface area contributed by atoms with Gasteiger partial charge in [-0.1, -0.05) is 25.5 Å². The van der Waals surface area contributed by atoms with Gasteiger partial charge in [0, 0.05) is 31.5 Å². The molecule has 0 unspecified atom stereocenters. The summed E-state index contributed by atoms with van der Waals surface area (Å²) in [6.07, 6.45) is 7.59. The molecule has 0 aromatic rings. The first kappa shape index (κ1) is 15.8. The van der Waals surface area contributed by atoms with Crippen molar-refractivity contribution in [2.75, 3.05) is 13.1 Å². The second-order valence-electron chi connectivity index (χ2n) is 7.04. The molecule has 2 rings (SSSR count). The van der Waals surface area contributed by atoms with Crippen molar-refractivity contribution in [3.05, 3.63) is 23.3 Å². The zero-order chi connectivity index (χ0) is 15.6. The fraction of sp³-hybridized carbons (Fsp3) is 0.647. The zero-order valence-electron chi connectivity index (χ0n) is 13.3. The van der Waals surface area contributed by atoms with Gasteiger partial charge in [-0.2, -0.15) is 0 Å². The highest BCUT2D eigenvalue weighted by molar-refractivity contribution is 5.89. The van der Waals surface area contributed by atoms with E-state index in [0.717, 1.165) is 6.42 Å². The molecule has 0 atom stereocenters. The van der Waals surface area contributed by atoms with Gasteiger partial charge in [-0.25, -0.2) is 0 Å². The lowest BCUT2D eigenvalue weighted by Gasteiger charge is -2.38. The number of allylic oxidation sites excluding steroid dienone is 3. The molecule has 0 saturated carbocycles. The molecule has 1 aliphatic carbocycles. The fourth-order valence-corrected chi connectivity index (χ4v) is 3.43. The van der Waals surface area contributed by atoms with E-state index in [1.54, 1.807) is 11.0 Å². The summed E-state index contributed by atoms with van der Waals surface area (Å²) < 4.78 is 0. The molecule has 0 aromatic carbocycles. The average molecular weight is 290 g/mol. The summed E-state index contributed by atoms with van der Waals surface area (Å²) in [4.78, 5) is 24.7. The molecule has 0 spiro atoms. The number of likely N-dealkylation sites (tertiary alicyclic amines) is 1. The van der Waals surface area contributed by atoms with Crippen molar-refractivity contribution < 1.29 is 9.59 Å². The summed E-state index contributed by atoms with van der Waals surface area (Å²) >= 11 is 0.